The number of rotatable bonds is 2. The zero-order valence-electron chi connectivity index (χ0n) is 13.1. The van der Waals surface area contributed by atoms with E-state index in [0.29, 0.717) is 25.9 Å². The first-order valence-corrected chi connectivity index (χ1v) is 7.12. The van der Waals surface area contributed by atoms with Crippen LogP contribution in [-0.4, -0.2) is 47.9 Å². The van der Waals surface area contributed by atoms with Gasteiger partial charge >= 0.3 is 12.2 Å². The van der Waals surface area contributed by atoms with Gasteiger partial charge in [0.1, 0.15) is 5.60 Å². The van der Waals surface area contributed by atoms with Crippen molar-refractivity contribution in [1.82, 2.24) is 10.2 Å². The monoisotopic (exact) mass is 286 g/mol. The van der Waals surface area contributed by atoms with Crippen LogP contribution in [0, 0.1) is 0 Å². The molecule has 1 heterocycles. The van der Waals surface area contributed by atoms with Gasteiger partial charge in [0.05, 0.1) is 6.10 Å². The molecule has 2 amide bonds. The summed E-state index contributed by atoms with van der Waals surface area (Å²) in [5.41, 5.74) is -0.494. The first kappa shape index (κ1) is 16.6. The molecule has 0 atom stereocenters. The van der Waals surface area contributed by atoms with Crippen molar-refractivity contribution in [2.45, 2.75) is 65.2 Å². The summed E-state index contributed by atoms with van der Waals surface area (Å²) in [5, 5.41) is 2.84. The molecule has 0 unspecified atom stereocenters. The van der Waals surface area contributed by atoms with Crippen molar-refractivity contribution in [3.05, 3.63) is 0 Å². The molecule has 1 N–H and O–H groups in total. The summed E-state index contributed by atoms with van der Waals surface area (Å²) in [5.74, 6) is 0. The molecule has 1 aliphatic rings. The second kappa shape index (κ2) is 6.81. The van der Waals surface area contributed by atoms with E-state index in [4.69, 9.17) is 9.47 Å². The van der Waals surface area contributed by atoms with Gasteiger partial charge < -0.3 is 19.7 Å². The fourth-order valence-electron chi connectivity index (χ4n) is 1.96. The minimum atomic E-state index is -0.494. The predicted molar refractivity (Wildman–Crippen MR) is 75.6 cm³/mol. The first-order chi connectivity index (χ1) is 9.17. The van der Waals surface area contributed by atoms with Crippen LogP contribution < -0.4 is 5.32 Å². The van der Waals surface area contributed by atoms with Gasteiger partial charge in [0.2, 0.25) is 0 Å². The van der Waals surface area contributed by atoms with Gasteiger partial charge in [-0.25, -0.2) is 9.59 Å². The van der Waals surface area contributed by atoms with Crippen molar-refractivity contribution in [2.75, 3.05) is 13.1 Å². The Balaban J connectivity index is 2.32. The zero-order chi connectivity index (χ0) is 15.3. The van der Waals surface area contributed by atoms with E-state index in [-0.39, 0.29) is 18.2 Å². The van der Waals surface area contributed by atoms with Crippen LogP contribution in [0.15, 0.2) is 0 Å². The quantitative estimate of drug-likeness (QED) is 0.847. The molecule has 0 saturated carbocycles. The molecule has 0 spiro atoms. The lowest BCUT2D eigenvalue weighted by Gasteiger charge is -2.32. The number of alkyl carbamates (subject to hydrolysis) is 1. The highest BCUT2D eigenvalue weighted by molar-refractivity contribution is 5.69. The van der Waals surface area contributed by atoms with Crippen LogP contribution in [0.25, 0.3) is 0 Å². The van der Waals surface area contributed by atoms with Crippen molar-refractivity contribution >= 4 is 12.2 Å². The van der Waals surface area contributed by atoms with Crippen LogP contribution >= 0.6 is 0 Å². The van der Waals surface area contributed by atoms with E-state index < -0.39 is 11.7 Å². The number of piperidine rings is 1. The van der Waals surface area contributed by atoms with Gasteiger partial charge in [-0.3, -0.25) is 0 Å². The van der Waals surface area contributed by atoms with Crippen molar-refractivity contribution in [3.8, 4) is 0 Å². The highest BCUT2D eigenvalue weighted by Gasteiger charge is 2.26. The molecular formula is C14H26N2O4. The second-order valence-electron chi connectivity index (χ2n) is 6.34. The third-order valence-electron chi connectivity index (χ3n) is 2.81. The fourth-order valence-corrected chi connectivity index (χ4v) is 1.96. The maximum atomic E-state index is 11.7. The van der Waals surface area contributed by atoms with E-state index in [9.17, 15) is 9.59 Å². The molecule has 0 bridgehead atoms. The number of amides is 2. The van der Waals surface area contributed by atoms with Crippen LogP contribution in [0.4, 0.5) is 9.59 Å². The SMILES string of the molecule is CC(C)OC(=O)N1CCC(NC(=O)OC(C)(C)C)CC1. The predicted octanol–water partition coefficient (Wildman–Crippen LogP) is 2.52. The number of likely N-dealkylation sites (tertiary alicyclic amines) is 1. The van der Waals surface area contributed by atoms with Crippen LogP contribution in [-0.2, 0) is 9.47 Å². The molecule has 0 radical (unpaired) electrons. The Morgan fingerprint density at radius 1 is 1.20 bits per heavy atom. The maximum absolute atomic E-state index is 11.7. The third-order valence-corrected chi connectivity index (χ3v) is 2.81. The van der Waals surface area contributed by atoms with E-state index in [2.05, 4.69) is 5.32 Å². The number of nitrogens with zero attached hydrogens (tertiary/aromatic N) is 1. The molecule has 116 valence electrons. The van der Waals surface area contributed by atoms with Gasteiger partial charge in [0.15, 0.2) is 0 Å². The van der Waals surface area contributed by atoms with Crippen molar-refractivity contribution in [1.29, 1.82) is 0 Å². The molecule has 0 aromatic heterocycles. The molecule has 0 aromatic rings. The summed E-state index contributed by atoms with van der Waals surface area (Å²) in [4.78, 5) is 25.0. The molecule has 6 nitrogen and oxygen atoms in total. The molecular weight excluding hydrogens is 260 g/mol. The summed E-state index contributed by atoms with van der Waals surface area (Å²) >= 11 is 0. The molecule has 0 aliphatic carbocycles. The van der Waals surface area contributed by atoms with Gasteiger partial charge in [-0.15, -0.1) is 0 Å². The minimum absolute atomic E-state index is 0.0490. The van der Waals surface area contributed by atoms with Crippen LogP contribution in [0.3, 0.4) is 0 Å². The molecule has 20 heavy (non-hydrogen) atoms. The largest absolute Gasteiger partial charge is 0.447 e. The average Bonchev–Trinajstić information content (AvgIpc) is 2.26. The zero-order valence-corrected chi connectivity index (χ0v) is 13.1. The summed E-state index contributed by atoms with van der Waals surface area (Å²) in [6.45, 7) is 10.3. The lowest BCUT2D eigenvalue weighted by Crippen LogP contribution is -2.48. The number of hydrogen-bond donors (Lipinski definition) is 1. The van der Waals surface area contributed by atoms with Gasteiger partial charge in [0, 0.05) is 19.1 Å². The molecule has 6 heteroatoms. The summed E-state index contributed by atoms with van der Waals surface area (Å²) < 4.78 is 10.4. The summed E-state index contributed by atoms with van der Waals surface area (Å²) in [6, 6.07) is 0.0490. The Hall–Kier alpha value is -1.46. The van der Waals surface area contributed by atoms with Crippen molar-refractivity contribution < 1.29 is 19.1 Å². The fraction of sp³-hybridized carbons (Fsp3) is 0.857. The average molecular weight is 286 g/mol. The smallest absolute Gasteiger partial charge is 0.410 e. The summed E-state index contributed by atoms with van der Waals surface area (Å²) in [6.07, 6.45) is 0.635. The Kier molecular flexibility index (Phi) is 5.65. The second-order valence-corrected chi connectivity index (χ2v) is 6.34. The molecule has 1 saturated heterocycles. The number of carbonyl (C=O) groups is 2. The van der Waals surface area contributed by atoms with Gasteiger partial charge in [-0.05, 0) is 47.5 Å². The lowest BCUT2D eigenvalue weighted by molar-refractivity contribution is 0.0460. The molecule has 0 aromatic carbocycles. The topological polar surface area (TPSA) is 67.9 Å². The van der Waals surface area contributed by atoms with E-state index in [1.165, 1.54) is 0 Å². The van der Waals surface area contributed by atoms with Crippen LogP contribution in [0.2, 0.25) is 0 Å². The van der Waals surface area contributed by atoms with Crippen molar-refractivity contribution in [3.63, 3.8) is 0 Å². The van der Waals surface area contributed by atoms with Gasteiger partial charge in [-0.1, -0.05) is 0 Å². The minimum Gasteiger partial charge on any atom is -0.447 e. The molecule has 1 aliphatic heterocycles. The van der Waals surface area contributed by atoms with Gasteiger partial charge in [0.25, 0.3) is 0 Å². The number of ether oxygens (including phenoxy) is 2. The van der Waals surface area contributed by atoms with Crippen LogP contribution in [0.5, 0.6) is 0 Å². The third kappa shape index (κ3) is 6.12. The number of carbonyl (C=O) groups excluding carboxylic acids is 2. The highest BCUT2D eigenvalue weighted by Crippen LogP contribution is 2.13. The van der Waals surface area contributed by atoms with E-state index in [1.54, 1.807) is 4.90 Å². The lowest BCUT2D eigenvalue weighted by atomic mass is 10.1. The normalized spacial score (nSPS) is 17.0. The van der Waals surface area contributed by atoms with Crippen molar-refractivity contribution in [2.24, 2.45) is 0 Å². The Morgan fingerprint density at radius 3 is 2.20 bits per heavy atom. The van der Waals surface area contributed by atoms with E-state index in [0.717, 1.165) is 0 Å². The Bertz CT molecular complexity index is 342. The number of hydrogen-bond acceptors (Lipinski definition) is 4. The number of nitrogens with one attached hydrogen (secondary N) is 1. The molecule has 1 fully saturated rings. The molecule has 1 rings (SSSR count). The standard InChI is InChI=1S/C14H26N2O4/c1-10(2)19-13(18)16-8-6-11(7-9-16)15-12(17)20-14(3,4)5/h10-11H,6-9H2,1-5H3,(H,15,17). The summed E-state index contributed by atoms with van der Waals surface area (Å²) in [7, 11) is 0. The Labute approximate surface area is 120 Å². The van der Waals surface area contributed by atoms with Gasteiger partial charge in [-0.2, -0.15) is 0 Å². The Morgan fingerprint density at radius 2 is 1.75 bits per heavy atom. The highest BCUT2D eigenvalue weighted by atomic mass is 16.6. The first-order valence-electron chi connectivity index (χ1n) is 7.12. The van der Waals surface area contributed by atoms with E-state index >= 15 is 0 Å². The maximum Gasteiger partial charge on any atom is 0.410 e. The van der Waals surface area contributed by atoms with Crippen LogP contribution in [0.1, 0.15) is 47.5 Å². The van der Waals surface area contributed by atoms with E-state index in [1.807, 2.05) is 34.6 Å².